The number of carbonyl (C=O) groups is 1. The second-order valence-electron chi connectivity index (χ2n) is 3.98. The van der Waals surface area contributed by atoms with Gasteiger partial charge < -0.3 is 14.7 Å². The zero-order valence-corrected chi connectivity index (χ0v) is 11.7. The summed E-state index contributed by atoms with van der Waals surface area (Å²) < 4.78 is 18.3. The van der Waals surface area contributed by atoms with Crippen LogP contribution >= 0.6 is 11.6 Å². The normalized spacial score (nSPS) is 12.1. The van der Waals surface area contributed by atoms with Crippen molar-refractivity contribution in [1.29, 1.82) is 0 Å². The summed E-state index contributed by atoms with van der Waals surface area (Å²) in [5.41, 5.74) is 0. The molecule has 106 valence electrons. The summed E-state index contributed by atoms with van der Waals surface area (Å²) in [7, 11) is 0. The Labute approximate surface area is 116 Å². The zero-order valence-electron chi connectivity index (χ0n) is 10.9. The van der Waals surface area contributed by atoms with Crippen molar-refractivity contribution in [3.05, 3.63) is 29.0 Å². The molecule has 0 aliphatic rings. The molecule has 0 aromatic heterocycles. The number of halogens is 2. The molecule has 0 aliphatic carbocycles. The Kier molecular flexibility index (Phi) is 6.05. The molecule has 1 unspecified atom stereocenters. The van der Waals surface area contributed by atoms with E-state index in [0.717, 1.165) is 6.07 Å². The molecule has 1 aromatic carbocycles. The number of amides is 1. The molecule has 0 saturated carbocycles. The van der Waals surface area contributed by atoms with Gasteiger partial charge in [-0.1, -0.05) is 11.6 Å². The van der Waals surface area contributed by atoms with E-state index >= 15 is 0 Å². The fraction of sp³-hybridized carbons (Fsp3) is 0.462. The number of likely N-dealkylation sites (N-methyl/N-ethyl adjacent to an activating group) is 1. The zero-order chi connectivity index (χ0) is 14.4. The Morgan fingerprint density at radius 3 is 2.79 bits per heavy atom. The number of aliphatic hydroxyl groups is 1. The van der Waals surface area contributed by atoms with Crippen molar-refractivity contribution in [3.63, 3.8) is 0 Å². The lowest BCUT2D eigenvalue weighted by Crippen LogP contribution is -2.41. The Morgan fingerprint density at radius 1 is 1.58 bits per heavy atom. The van der Waals surface area contributed by atoms with Gasteiger partial charge in [-0.3, -0.25) is 4.79 Å². The average molecular weight is 290 g/mol. The maximum atomic E-state index is 12.9. The molecule has 0 spiro atoms. The van der Waals surface area contributed by atoms with Gasteiger partial charge in [-0.25, -0.2) is 4.39 Å². The highest BCUT2D eigenvalue weighted by molar-refractivity contribution is 6.32. The lowest BCUT2D eigenvalue weighted by atomic mass is 10.3. The predicted molar refractivity (Wildman–Crippen MR) is 70.8 cm³/mol. The van der Waals surface area contributed by atoms with E-state index in [1.54, 1.807) is 6.92 Å². The minimum Gasteiger partial charge on any atom is -0.479 e. The molecule has 1 rings (SSSR count). The molecule has 0 aliphatic heterocycles. The molecule has 0 radical (unpaired) electrons. The van der Waals surface area contributed by atoms with Gasteiger partial charge in [0.25, 0.3) is 5.91 Å². The van der Waals surface area contributed by atoms with E-state index in [1.165, 1.54) is 17.0 Å². The Hall–Kier alpha value is -1.33. The third-order valence-electron chi connectivity index (χ3n) is 2.61. The largest absolute Gasteiger partial charge is 0.479 e. The number of nitrogens with zero attached hydrogens (tertiary/aromatic N) is 1. The van der Waals surface area contributed by atoms with E-state index in [9.17, 15) is 9.18 Å². The van der Waals surface area contributed by atoms with Gasteiger partial charge >= 0.3 is 0 Å². The Bertz CT molecular complexity index is 442. The molecule has 0 heterocycles. The van der Waals surface area contributed by atoms with Crippen LogP contribution in [0.3, 0.4) is 0 Å². The van der Waals surface area contributed by atoms with Crippen molar-refractivity contribution < 1.29 is 19.0 Å². The molecule has 0 saturated heterocycles. The molecule has 0 bridgehead atoms. The average Bonchev–Trinajstić information content (AvgIpc) is 2.38. The van der Waals surface area contributed by atoms with Crippen molar-refractivity contribution in [3.8, 4) is 5.75 Å². The highest BCUT2D eigenvalue weighted by atomic mass is 35.5. The van der Waals surface area contributed by atoms with Crippen LogP contribution in [-0.2, 0) is 4.79 Å². The van der Waals surface area contributed by atoms with Crippen molar-refractivity contribution >= 4 is 17.5 Å². The van der Waals surface area contributed by atoms with E-state index in [-0.39, 0.29) is 29.8 Å². The second kappa shape index (κ2) is 7.31. The van der Waals surface area contributed by atoms with Gasteiger partial charge in [0.2, 0.25) is 0 Å². The highest BCUT2D eigenvalue weighted by Gasteiger charge is 2.21. The van der Waals surface area contributed by atoms with Gasteiger partial charge in [-0.15, -0.1) is 0 Å². The van der Waals surface area contributed by atoms with Crippen molar-refractivity contribution in [2.45, 2.75) is 20.0 Å². The van der Waals surface area contributed by atoms with Crippen LogP contribution in [0.2, 0.25) is 5.02 Å². The predicted octanol–water partition coefficient (Wildman–Crippen LogP) is 2.09. The highest BCUT2D eigenvalue weighted by Crippen LogP contribution is 2.26. The first-order chi connectivity index (χ1) is 8.99. The minimum absolute atomic E-state index is 0.108. The summed E-state index contributed by atoms with van der Waals surface area (Å²) in [6.45, 7) is 4.02. The van der Waals surface area contributed by atoms with Gasteiger partial charge in [-0.2, -0.15) is 0 Å². The van der Waals surface area contributed by atoms with E-state index in [0.29, 0.717) is 6.54 Å². The summed E-state index contributed by atoms with van der Waals surface area (Å²) in [6, 6.07) is 3.72. The van der Waals surface area contributed by atoms with E-state index in [2.05, 4.69) is 0 Å². The molecular weight excluding hydrogens is 273 g/mol. The SMILES string of the molecule is CCN(CCO)C(=O)C(C)Oc1ccc(F)cc1Cl. The maximum Gasteiger partial charge on any atom is 0.263 e. The molecule has 1 N–H and O–H groups in total. The van der Waals surface area contributed by atoms with Crippen molar-refractivity contribution in [2.24, 2.45) is 0 Å². The number of hydrogen-bond donors (Lipinski definition) is 1. The summed E-state index contributed by atoms with van der Waals surface area (Å²) >= 11 is 5.82. The fourth-order valence-electron chi connectivity index (χ4n) is 1.61. The molecule has 4 nitrogen and oxygen atoms in total. The monoisotopic (exact) mass is 289 g/mol. The lowest BCUT2D eigenvalue weighted by molar-refractivity contribution is -0.138. The molecular formula is C13H17ClFNO3. The number of carbonyl (C=O) groups excluding carboxylic acids is 1. The van der Waals surface area contributed by atoms with Gasteiger partial charge in [-0.05, 0) is 32.0 Å². The molecule has 1 aromatic rings. The van der Waals surface area contributed by atoms with Crippen molar-refractivity contribution in [1.82, 2.24) is 4.90 Å². The van der Waals surface area contributed by atoms with Gasteiger partial charge in [0, 0.05) is 13.1 Å². The van der Waals surface area contributed by atoms with Crippen LogP contribution in [0.15, 0.2) is 18.2 Å². The van der Waals surface area contributed by atoms with Gasteiger partial charge in [0.1, 0.15) is 11.6 Å². The third-order valence-corrected chi connectivity index (χ3v) is 2.90. The Morgan fingerprint density at radius 2 is 2.26 bits per heavy atom. The van der Waals surface area contributed by atoms with Crippen LogP contribution in [0.5, 0.6) is 5.75 Å². The first-order valence-electron chi connectivity index (χ1n) is 6.01. The first kappa shape index (κ1) is 15.7. The summed E-state index contributed by atoms with van der Waals surface area (Å²) in [5, 5.41) is 8.98. The maximum absolute atomic E-state index is 12.9. The number of ether oxygens (including phenoxy) is 1. The van der Waals surface area contributed by atoms with E-state index in [4.69, 9.17) is 21.4 Å². The number of benzene rings is 1. The second-order valence-corrected chi connectivity index (χ2v) is 4.38. The Balaban J connectivity index is 2.72. The van der Waals surface area contributed by atoms with Crippen molar-refractivity contribution in [2.75, 3.05) is 19.7 Å². The lowest BCUT2D eigenvalue weighted by Gasteiger charge is -2.24. The van der Waals surface area contributed by atoms with Crippen LogP contribution in [0.1, 0.15) is 13.8 Å². The number of aliphatic hydroxyl groups excluding tert-OH is 1. The smallest absolute Gasteiger partial charge is 0.263 e. The third kappa shape index (κ3) is 4.36. The summed E-state index contributed by atoms with van der Waals surface area (Å²) in [5.74, 6) is -0.465. The van der Waals surface area contributed by atoms with Crippen LogP contribution in [0, 0.1) is 5.82 Å². The van der Waals surface area contributed by atoms with Crippen LogP contribution in [0.25, 0.3) is 0 Å². The van der Waals surface area contributed by atoms with Crippen LogP contribution in [-0.4, -0.2) is 41.7 Å². The molecule has 6 heteroatoms. The van der Waals surface area contributed by atoms with E-state index < -0.39 is 11.9 Å². The first-order valence-corrected chi connectivity index (χ1v) is 6.38. The molecule has 19 heavy (non-hydrogen) atoms. The molecule has 0 fully saturated rings. The topological polar surface area (TPSA) is 49.8 Å². The van der Waals surface area contributed by atoms with Crippen LogP contribution in [0.4, 0.5) is 4.39 Å². The van der Waals surface area contributed by atoms with Crippen LogP contribution < -0.4 is 4.74 Å². The fourth-order valence-corrected chi connectivity index (χ4v) is 1.83. The summed E-state index contributed by atoms with van der Waals surface area (Å²) in [4.78, 5) is 13.5. The molecule has 1 amide bonds. The standard InChI is InChI=1S/C13H17ClFNO3/c1-3-16(6-7-17)13(18)9(2)19-12-5-4-10(15)8-11(12)14/h4-5,8-9,17H,3,6-7H2,1-2H3. The van der Waals surface area contributed by atoms with Gasteiger partial charge in [0.15, 0.2) is 6.10 Å². The molecule has 1 atom stereocenters. The minimum atomic E-state index is -0.755. The number of rotatable bonds is 6. The quantitative estimate of drug-likeness (QED) is 0.872. The van der Waals surface area contributed by atoms with Gasteiger partial charge in [0.05, 0.1) is 11.6 Å². The summed E-state index contributed by atoms with van der Waals surface area (Å²) in [6.07, 6.45) is -0.755. The number of hydrogen-bond acceptors (Lipinski definition) is 3. The van der Waals surface area contributed by atoms with E-state index in [1.807, 2.05) is 6.92 Å².